The number of methoxy groups -OCH3 is 1. The number of aryl methyl sites for hydroxylation is 1. The number of aromatic nitrogens is 1. The summed E-state index contributed by atoms with van der Waals surface area (Å²) in [4.78, 5) is 26.3. The molecule has 1 aromatic heterocycles. The van der Waals surface area contributed by atoms with E-state index in [4.69, 9.17) is 9.84 Å². The van der Waals surface area contributed by atoms with Crippen molar-refractivity contribution >= 4 is 11.8 Å². The number of aromatic carboxylic acids is 1. The largest absolute Gasteiger partial charge is 0.497 e. The highest BCUT2D eigenvalue weighted by Gasteiger charge is 2.22. The van der Waals surface area contributed by atoms with Gasteiger partial charge in [-0.1, -0.05) is 12.1 Å². The number of hydrogen-bond acceptors (Lipinski definition) is 3. The number of hydrogen-bond donors (Lipinski definition) is 2. The number of carboxylic acids is 1. The number of ketones is 1. The first-order valence-electron chi connectivity index (χ1n) is 6.07. The van der Waals surface area contributed by atoms with Crippen LogP contribution in [0.4, 0.5) is 0 Å². The lowest BCUT2D eigenvalue weighted by Crippen LogP contribution is -2.05. The van der Waals surface area contributed by atoms with Crippen LogP contribution in [0, 0.1) is 13.8 Å². The van der Waals surface area contributed by atoms with Crippen LogP contribution in [0.5, 0.6) is 5.75 Å². The molecule has 104 valence electrons. The molecule has 0 aliphatic heterocycles. The quantitative estimate of drug-likeness (QED) is 0.839. The number of ether oxygens (including phenoxy) is 1. The molecule has 1 aromatic carbocycles. The predicted molar refractivity (Wildman–Crippen MR) is 73.7 cm³/mol. The summed E-state index contributed by atoms with van der Waals surface area (Å²) in [6.07, 6.45) is 0. The van der Waals surface area contributed by atoms with Crippen LogP contribution in [0.3, 0.4) is 0 Å². The van der Waals surface area contributed by atoms with Crippen LogP contribution < -0.4 is 4.74 Å². The van der Waals surface area contributed by atoms with E-state index in [1.54, 1.807) is 38.1 Å². The Morgan fingerprint density at radius 1 is 1.25 bits per heavy atom. The minimum atomic E-state index is -1.07. The summed E-state index contributed by atoms with van der Waals surface area (Å²) < 4.78 is 5.09. The van der Waals surface area contributed by atoms with Gasteiger partial charge in [0, 0.05) is 16.8 Å². The Kier molecular flexibility index (Phi) is 3.61. The fraction of sp³-hybridized carbons (Fsp3) is 0.200. The number of nitrogens with one attached hydrogen (secondary N) is 1. The second kappa shape index (κ2) is 5.21. The molecule has 2 rings (SSSR count). The van der Waals surface area contributed by atoms with Gasteiger partial charge in [-0.3, -0.25) is 4.79 Å². The van der Waals surface area contributed by atoms with Gasteiger partial charge in [0.15, 0.2) is 5.78 Å². The van der Waals surface area contributed by atoms with Gasteiger partial charge in [0.05, 0.1) is 7.11 Å². The highest BCUT2D eigenvalue weighted by Crippen LogP contribution is 2.23. The van der Waals surface area contributed by atoms with E-state index < -0.39 is 5.97 Å². The van der Waals surface area contributed by atoms with E-state index in [0.717, 1.165) is 0 Å². The Morgan fingerprint density at radius 2 is 1.95 bits per heavy atom. The Hall–Kier alpha value is -2.56. The van der Waals surface area contributed by atoms with Gasteiger partial charge in [-0.2, -0.15) is 0 Å². The van der Waals surface area contributed by atoms with Crippen LogP contribution >= 0.6 is 0 Å². The number of carbonyl (C=O) groups excluding carboxylic acids is 1. The summed E-state index contributed by atoms with van der Waals surface area (Å²) >= 11 is 0. The Balaban J connectivity index is 2.51. The van der Waals surface area contributed by atoms with Gasteiger partial charge in [0.25, 0.3) is 0 Å². The van der Waals surface area contributed by atoms with Crippen molar-refractivity contribution in [2.75, 3.05) is 7.11 Å². The maximum atomic E-state index is 12.5. The zero-order valence-corrected chi connectivity index (χ0v) is 11.5. The first kappa shape index (κ1) is 13.9. The minimum absolute atomic E-state index is 0.0498. The summed E-state index contributed by atoms with van der Waals surface area (Å²) in [5, 5.41) is 9.08. The topological polar surface area (TPSA) is 79.4 Å². The highest BCUT2D eigenvalue weighted by atomic mass is 16.5. The lowest BCUT2D eigenvalue weighted by Gasteiger charge is -2.05. The molecule has 0 aliphatic carbocycles. The third-order valence-corrected chi connectivity index (χ3v) is 3.21. The van der Waals surface area contributed by atoms with Crippen LogP contribution in [0.1, 0.15) is 37.7 Å². The van der Waals surface area contributed by atoms with E-state index in [1.165, 1.54) is 7.11 Å². The third-order valence-electron chi connectivity index (χ3n) is 3.21. The summed E-state index contributed by atoms with van der Waals surface area (Å²) in [5.41, 5.74) is 1.91. The van der Waals surface area contributed by atoms with Gasteiger partial charge in [-0.25, -0.2) is 4.79 Å². The predicted octanol–water partition coefficient (Wildman–Crippen LogP) is 2.57. The lowest BCUT2D eigenvalue weighted by atomic mass is 9.99. The Labute approximate surface area is 116 Å². The first-order chi connectivity index (χ1) is 9.45. The number of rotatable bonds is 4. The highest BCUT2D eigenvalue weighted by molar-refractivity contribution is 6.12. The summed E-state index contributed by atoms with van der Waals surface area (Å²) in [7, 11) is 1.53. The molecule has 1 heterocycles. The van der Waals surface area contributed by atoms with E-state index in [9.17, 15) is 9.59 Å². The maximum Gasteiger partial charge on any atom is 0.352 e. The van der Waals surface area contributed by atoms with Gasteiger partial charge in [-0.05, 0) is 31.5 Å². The summed E-state index contributed by atoms with van der Waals surface area (Å²) in [6, 6.07) is 6.78. The SMILES string of the molecule is COc1cccc(C(=O)c2c(C)[nH]c(C(=O)O)c2C)c1. The standard InChI is InChI=1S/C15H15NO4/c1-8-12(9(2)16-13(8)15(18)19)14(17)10-5-4-6-11(7-10)20-3/h4-7,16H,1-3H3,(H,18,19). The first-order valence-corrected chi connectivity index (χ1v) is 6.07. The molecule has 2 N–H and O–H groups in total. The molecule has 5 heteroatoms. The van der Waals surface area contributed by atoms with Gasteiger partial charge in [0.1, 0.15) is 11.4 Å². The molecule has 0 aliphatic rings. The molecular weight excluding hydrogens is 258 g/mol. The molecule has 0 unspecified atom stereocenters. The van der Waals surface area contributed by atoms with Crippen molar-refractivity contribution in [3.63, 3.8) is 0 Å². The van der Waals surface area contributed by atoms with E-state index in [0.29, 0.717) is 28.1 Å². The maximum absolute atomic E-state index is 12.5. The molecular formula is C15H15NO4. The van der Waals surface area contributed by atoms with Crippen molar-refractivity contribution in [1.29, 1.82) is 0 Å². The van der Waals surface area contributed by atoms with Gasteiger partial charge < -0.3 is 14.8 Å². The molecule has 0 atom stereocenters. The van der Waals surface area contributed by atoms with E-state index in [1.807, 2.05) is 0 Å². The zero-order chi connectivity index (χ0) is 14.9. The number of benzene rings is 1. The third kappa shape index (κ3) is 2.30. The second-order valence-electron chi connectivity index (χ2n) is 4.49. The Morgan fingerprint density at radius 3 is 2.50 bits per heavy atom. The van der Waals surface area contributed by atoms with E-state index in [-0.39, 0.29) is 11.5 Å². The monoisotopic (exact) mass is 273 g/mol. The second-order valence-corrected chi connectivity index (χ2v) is 4.49. The average Bonchev–Trinajstić information content (AvgIpc) is 2.73. The van der Waals surface area contributed by atoms with Gasteiger partial charge in [-0.15, -0.1) is 0 Å². The van der Waals surface area contributed by atoms with Crippen molar-refractivity contribution in [1.82, 2.24) is 4.98 Å². The van der Waals surface area contributed by atoms with Crippen LogP contribution in [0.25, 0.3) is 0 Å². The number of carbonyl (C=O) groups is 2. The molecule has 0 saturated heterocycles. The average molecular weight is 273 g/mol. The number of carboxylic acid groups (broad SMARTS) is 1. The van der Waals surface area contributed by atoms with Crippen molar-refractivity contribution in [2.45, 2.75) is 13.8 Å². The van der Waals surface area contributed by atoms with E-state index >= 15 is 0 Å². The Bertz CT molecular complexity index is 685. The zero-order valence-electron chi connectivity index (χ0n) is 11.5. The van der Waals surface area contributed by atoms with Crippen LogP contribution in [0.2, 0.25) is 0 Å². The van der Waals surface area contributed by atoms with E-state index in [2.05, 4.69) is 4.98 Å². The molecule has 2 aromatic rings. The fourth-order valence-corrected chi connectivity index (χ4v) is 2.21. The smallest absolute Gasteiger partial charge is 0.352 e. The molecule has 0 fully saturated rings. The van der Waals surface area contributed by atoms with Crippen molar-refractivity contribution < 1.29 is 19.4 Å². The van der Waals surface area contributed by atoms with Crippen LogP contribution in [-0.2, 0) is 0 Å². The van der Waals surface area contributed by atoms with Gasteiger partial charge in [0.2, 0.25) is 0 Å². The molecule has 0 amide bonds. The molecule has 0 saturated carbocycles. The summed E-state index contributed by atoms with van der Waals surface area (Å²) in [6.45, 7) is 3.31. The van der Waals surface area contributed by atoms with Crippen LogP contribution in [0.15, 0.2) is 24.3 Å². The number of H-pyrrole nitrogens is 1. The minimum Gasteiger partial charge on any atom is -0.497 e. The molecule has 0 radical (unpaired) electrons. The molecule has 0 bridgehead atoms. The molecule has 20 heavy (non-hydrogen) atoms. The van der Waals surface area contributed by atoms with Crippen molar-refractivity contribution in [3.05, 3.63) is 52.3 Å². The van der Waals surface area contributed by atoms with Crippen molar-refractivity contribution in [3.8, 4) is 5.75 Å². The van der Waals surface area contributed by atoms with Gasteiger partial charge >= 0.3 is 5.97 Å². The molecule has 5 nitrogen and oxygen atoms in total. The normalized spacial score (nSPS) is 10.3. The van der Waals surface area contributed by atoms with Crippen molar-refractivity contribution in [2.24, 2.45) is 0 Å². The number of aromatic amines is 1. The summed E-state index contributed by atoms with van der Waals surface area (Å²) in [5.74, 6) is -0.710. The molecule has 0 spiro atoms. The lowest BCUT2D eigenvalue weighted by molar-refractivity contribution is 0.0690. The fourth-order valence-electron chi connectivity index (χ4n) is 2.21. The van der Waals surface area contributed by atoms with Crippen LogP contribution in [-0.4, -0.2) is 29.0 Å².